The number of hydrogen-bond acceptors (Lipinski definition) is 5. The van der Waals surface area contributed by atoms with Gasteiger partial charge in [0.15, 0.2) is 11.0 Å². The molecule has 0 bridgehead atoms. The van der Waals surface area contributed by atoms with E-state index in [1.165, 1.54) is 11.8 Å². The van der Waals surface area contributed by atoms with E-state index < -0.39 is 5.91 Å². The lowest BCUT2D eigenvalue weighted by Crippen LogP contribution is -2.42. The minimum atomic E-state index is -0.406. The molecule has 0 saturated carbocycles. The van der Waals surface area contributed by atoms with Crippen LogP contribution in [0.1, 0.15) is 23.0 Å². The first-order valence-electron chi connectivity index (χ1n) is 8.44. The first-order valence-corrected chi connectivity index (χ1v) is 9.43. The summed E-state index contributed by atoms with van der Waals surface area (Å²) < 4.78 is 1.97. The number of nitrogens with zero attached hydrogens (tertiary/aromatic N) is 3. The molecule has 2 aromatic heterocycles. The van der Waals surface area contributed by atoms with Crippen molar-refractivity contribution in [3.05, 3.63) is 53.9 Å². The summed E-state index contributed by atoms with van der Waals surface area (Å²) in [5.41, 5.74) is 7.25. The molecule has 3 N–H and O–H groups in total. The van der Waals surface area contributed by atoms with Crippen molar-refractivity contribution >= 4 is 23.6 Å². The van der Waals surface area contributed by atoms with Crippen LogP contribution in [0.2, 0.25) is 0 Å². The van der Waals surface area contributed by atoms with Gasteiger partial charge in [-0.25, -0.2) is 0 Å². The summed E-state index contributed by atoms with van der Waals surface area (Å²) in [5.74, 6) is 0.148. The molecule has 0 spiro atoms. The molecule has 1 aromatic carbocycles. The van der Waals surface area contributed by atoms with Crippen LogP contribution in [0.4, 0.5) is 0 Å². The number of carbonyl (C=O) groups excluding carboxylic acids is 2. The highest BCUT2D eigenvalue weighted by Gasteiger charge is 2.16. The SMILES string of the molecule is CCn1c(SCC(=O)NNC(=O)c2ccc[nH]2)nnc1-c1ccccc1C. The molecule has 0 unspecified atom stereocenters. The molecule has 0 aliphatic heterocycles. The number of aryl methyl sites for hydroxylation is 1. The van der Waals surface area contributed by atoms with Crippen molar-refractivity contribution in [3.63, 3.8) is 0 Å². The fraction of sp³-hybridized carbons (Fsp3) is 0.222. The maximum absolute atomic E-state index is 12.0. The number of nitrogens with one attached hydrogen (secondary N) is 3. The molecule has 3 aromatic rings. The van der Waals surface area contributed by atoms with E-state index in [0.717, 1.165) is 17.0 Å². The van der Waals surface area contributed by atoms with E-state index >= 15 is 0 Å². The first kappa shape index (κ1) is 18.7. The summed E-state index contributed by atoms with van der Waals surface area (Å²) >= 11 is 1.27. The average molecular weight is 384 g/mol. The zero-order valence-electron chi connectivity index (χ0n) is 15.0. The second-order valence-electron chi connectivity index (χ2n) is 5.74. The number of amides is 2. The van der Waals surface area contributed by atoms with E-state index in [0.29, 0.717) is 17.4 Å². The average Bonchev–Trinajstić information content (AvgIpc) is 3.34. The van der Waals surface area contributed by atoms with Crippen molar-refractivity contribution in [3.8, 4) is 11.4 Å². The summed E-state index contributed by atoms with van der Waals surface area (Å²) in [5, 5.41) is 9.16. The molecule has 0 aliphatic carbocycles. The maximum atomic E-state index is 12.0. The van der Waals surface area contributed by atoms with Crippen molar-refractivity contribution in [2.45, 2.75) is 25.5 Å². The minimum absolute atomic E-state index is 0.108. The molecule has 2 amide bonds. The number of H-pyrrole nitrogens is 1. The Hall–Kier alpha value is -3.07. The molecule has 0 radical (unpaired) electrons. The molecular formula is C18H20N6O2S. The van der Waals surface area contributed by atoms with Crippen LogP contribution in [0.3, 0.4) is 0 Å². The molecule has 2 heterocycles. The second kappa shape index (κ2) is 8.54. The van der Waals surface area contributed by atoms with Crippen LogP contribution in [0.5, 0.6) is 0 Å². The molecular weight excluding hydrogens is 364 g/mol. The predicted octanol–water partition coefficient (Wildman–Crippen LogP) is 2.15. The Labute approximate surface area is 160 Å². The molecule has 140 valence electrons. The Kier molecular flexibility index (Phi) is 5.92. The quantitative estimate of drug-likeness (QED) is 0.446. The number of aromatic nitrogens is 4. The van der Waals surface area contributed by atoms with Gasteiger partial charge >= 0.3 is 0 Å². The molecule has 0 saturated heterocycles. The van der Waals surface area contributed by atoms with Gasteiger partial charge in [0.05, 0.1) is 5.75 Å². The summed E-state index contributed by atoms with van der Waals surface area (Å²) in [6, 6.07) is 11.3. The van der Waals surface area contributed by atoms with Gasteiger partial charge in [0.2, 0.25) is 5.91 Å². The van der Waals surface area contributed by atoms with Gasteiger partial charge in [0.1, 0.15) is 5.69 Å². The third-order valence-electron chi connectivity index (χ3n) is 3.91. The Morgan fingerprint density at radius 3 is 2.67 bits per heavy atom. The lowest BCUT2D eigenvalue weighted by atomic mass is 10.1. The van der Waals surface area contributed by atoms with Gasteiger partial charge in [-0.2, -0.15) is 0 Å². The van der Waals surface area contributed by atoms with Crippen LogP contribution in [-0.4, -0.2) is 37.3 Å². The molecule has 3 rings (SSSR count). The van der Waals surface area contributed by atoms with Gasteiger partial charge in [0, 0.05) is 18.3 Å². The van der Waals surface area contributed by atoms with E-state index in [4.69, 9.17) is 0 Å². The van der Waals surface area contributed by atoms with Crippen molar-refractivity contribution in [1.29, 1.82) is 0 Å². The Bertz CT molecular complexity index is 935. The lowest BCUT2D eigenvalue weighted by molar-refractivity contribution is -0.119. The summed E-state index contributed by atoms with van der Waals surface area (Å²) in [6.07, 6.45) is 1.64. The Morgan fingerprint density at radius 1 is 1.15 bits per heavy atom. The molecule has 8 nitrogen and oxygen atoms in total. The summed E-state index contributed by atoms with van der Waals surface area (Å²) in [6.45, 7) is 4.72. The van der Waals surface area contributed by atoms with Crippen LogP contribution >= 0.6 is 11.8 Å². The minimum Gasteiger partial charge on any atom is -0.357 e. The Morgan fingerprint density at radius 2 is 1.96 bits per heavy atom. The number of benzene rings is 1. The van der Waals surface area contributed by atoms with Gasteiger partial charge in [-0.05, 0) is 31.5 Å². The molecule has 0 atom stereocenters. The van der Waals surface area contributed by atoms with Gasteiger partial charge in [0.25, 0.3) is 5.91 Å². The highest BCUT2D eigenvalue weighted by Crippen LogP contribution is 2.25. The third-order valence-corrected chi connectivity index (χ3v) is 4.88. The second-order valence-corrected chi connectivity index (χ2v) is 6.68. The molecule has 0 fully saturated rings. The topological polar surface area (TPSA) is 105 Å². The number of carbonyl (C=O) groups is 2. The fourth-order valence-electron chi connectivity index (χ4n) is 2.54. The fourth-order valence-corrected chi connectivity index (χ4v) is 3.34. The number of rotatable bonds is 6. The van der Waals surface area contributed by atoms with Crippen LogP contribution < -0.4 is 10.9 Å². The van der Waals surface area contributed by atoms with Gasteiger partial charge < -0.3 is 9.55 Å². The van der Waals surface area contributed by atoms with Crippen molar-refractivity contribution in [1.82, 2.24) is 30.6 Å². The number of hydrazine groups is 1. The highest BCUT2D eigenvalue weighted by atomic mass is 32.2. The van der Waals surface area contributed by atoms with Crippen LogP contribution in [0.15, 0.2) is 47.8 Å². The van der Waals surface area contributed by atoms with E-state index in [9.17, 15) is 9.59 Å². The van der Waals surface area contributed by atoms with E-state index in [-0.39, 0.29) is 11.7 Å². The first-order chi connectivity index (χ1) is 13.1. The smallest absolute Gasteiger partial charge is 0.286 e. The van der Waals surface area contributed by atoms with Crippen molar-refractivity contribution < 1.29 is 9.59 Å². The standard InChI is InChI=1S/C18H20N6O2S/c1-3-24-16(13-8-5-4-7-12(13)2)21-23-18(24)27-11-15(25)20-22-17(26)14-9-6-10-19-14/h4-10,19H,3,11H2,1-2H3,(H,20,25)(H,22,26). The summed E-state index contributed by atoms with van der Waals surface area (Å²) in [4.78, 5) is 26.6. The van der Waals surface area contributed by atoms with Gasteiger partial charge in [-0.15, -0.1) is 10.2 Å². The summed E-state index contributed by atoms with van der Waals surface area (Å²) in [7, 11) is 0. The normalized spacial score (nSPS) is 10.6. The van der Waals surface area contributed by atoms with Crippen LogP contribution in [0.25, 0.3) is 11.4 Å². The van der Waals surface area contributed by atoms with E-state index in [1.807, 2.05) is 42.7 Å². The van der Waals surface area contributed by atoms with Crippen LogP contribution in [-0.2, 0) is 11.3 Å². The molecule has 27 heavy (non-hydrogen) atoms. The molecule has 9 heteroatoms. The predicted molar refractivity (Wildman–Crippen MR) is 103 cm³/mol. The number of hydrogen-bond donors (Lipinski definition) is 3. The monoisotopic (exact) mass is 384 g/mol. The van der Waals surface area contributed by atoms with Crippen molar-refractivity contribution in [2.24, 2.45) is 0 Å². The zero-order chi connectivity index (χ0) is 19.2. The zero-order valence-corrected chi connectivity index (χ0v) is 15.8. The number of aromatic amines is 1. The van der Waals surface area contributed by atoms with Crippen molar-refractivity contribution in [2.75, 3.05) is 5.75 Å². The maximum Gasteiger partial charge on any atom is 0.286 e. The lowest BCUT2D eigenvalue weighted by Gasteiger charge is -2.09. The highest BCUT2D eigenvalue weighted by molar-refractivity contribution is 7.99. The van der Waals surface area contributed by atoms with E-state index in [1.54, 1.807) is 18.3 Å². The van der Waals surface area contributed by atoms with Gasteiger partial charge in [-0.3, -0.25) is 20.4 Å². The third kappa shape index (κ3) is 4.37. The van der Waals surface area contributed by atoms with E-state index in [2.05, 4.69) is 26.0 Å². The van der Waals surface area contributed by atoms with Crippen LogP contribution in [0, 0.1) is 6.92 Å². The largest absolute Gasteiger partial charge is 0.357 e. The van der Waals surface area contributed by atoms with Gasteiger partial charge in [-0.1, -0.05) is 36.0 Å². The molecule has 0 aliphatic rings. The Balaban J connectivity index is 1.60. The number of thioether (sulfide) groups is 1.